The van der Waals surface area contributed by atoms with Crippen LogP contribution in [-0.4, -0.2) is 58.7 Å². The van der Waals surface area contributed by atoms with Crippen LogP contribution in [0.1, 0.15) is 50.0 Å². The van der Waals surface area contributed by atoms with Gasteiger partial charge in [0.05, 0.1) is 31.8 Å². The largest absolute Gasteiger partial charge is 0.431 e. The number of hydrogen-bond donors (Lipinski definition) is 2. The number of halogens is 5. The number of alkyl halides is 3. The molecule has 0 radical (unpaired) electrons. The molecule has 0 saturated carbocycles. The zero-order valence-electron chi connectivity index (χ0n) is 22.0. The zero-order valence-corrected chi connectivity index (χ0v) is 24.3. The molecule has 3 heterocycles. The van der Waals surface area contributed by atoms with Crippen LogP contribution < -0.4 is 15.6 Å². The monoisotopic (exact) mass is 619 g/mol. The summed E-state index contributed by atoms with van der Waals surface area (Å²) in [6, 6.07) is 3.35. The second-order valence-corrected chi connectivity index (χ2v) is 14.6. The molecular formula is C25H26Cl2F3N5O4S. The zero-order chi connectivity index (χ0) is 30.0. The maximum Gasteiger partial charge on any atom is 0.431 e. The Morgan fingerprint density at radius 3 is 2.33 bits per heavy atom. The molecule has 4 rings (SSSR count). The van der Waals surface area contributed by atoms with Gasteiger partial charge in [-0.3, -0.25) is 9.59 Å². The van der Waals surface area contributed by atoms with Crippen molar-refractivity contribution in [2.45, 2.75) is 68.8 Å². The van der Waals surface area contributed by atoms with Crippen molar-refractivity contribution >= 4 is 62.1 Å². The van der Waals surface area contributed by atoms with Crippen molar-refractivity contribution < 1.29 is 31.2 Å². The number of aryl methyl sites for hydroxylation is 1. The Morgan fingerprint density at radius 1 is 1.12 bits per heavy atom. The first-order valence-corrected chi connectivity index (χ1v) is 14.2. The predicted molar refractivity (Wildman–Crippen MR) is 147 cm³/mol. The summed E-state index contributed by atoms with van der Waals surface area (Å²) in [6.07, 6.45) is -4.30. The molecule has 2 N–H and O–H groups in total. The molecule has 216 valence electrons. The fourth-order valence-corrected chi connectivity index (χ4v) is 8.22. The van der Waals surface area contributed by atoms with Gasteiger partial charge in [0, 0.05) is 17.6 Å². The smallest absolute Gasteiger partial charge is 0.346 e. The third-order valence-electron chi connectivity index (χ3n) is 7.34. The molecule has 15 heteroatoms. The molecule has 40 heavy (non-hydrogen) atoms. The van der Waals surface area contributed by atoms with Crippen LogP contribution in [0.5, 0.6) is 0 Å². The van der Waals surface area contributed by atoms with Gasteiger partial charge in [-0.05, 0) is 64.4 Å². The van der Waals surface area contributed by atoms with E-state index in [1.165, 1.54) is 58.2 Å². The molecule has 2 aliphatic rings. The Kier molecular flexibility index (Phi) is 7.43. The highest BCUT2D eigenvalue weighted by Gasteiger charge is 2.67. The van der Waals surface area contributed by atoms with E-state index < -0.39 is 61.5 Å². The van der Waals surface area contributed by atoms with Crippen molar-refractivity contribution in [2.75, 3.05) is 10.3 Å². The number of hydrogen-bond acceptors (Lipinski definition) is 7. The first kappa shape index (κ1) is 30.1. The van der Waals surface area contributed by atoms with Crippen molar-refractivity contribution in [3.8, 4) is 0 Å². The van der Waals surface area contributed by atoms with Crippen LogP contribution in [-0.2, 0) is 14.6 Å². The number of nitrogens with one attached hydrogen (secondary N) is 2. The van der Waals surface area contributed by atoms with Crippen LogP contribution in [0.3, 0.4) is 0 Å². The summed E-state index contributed by atoms with van der Waals surface area (Å²) in [7, 11) is -3.56. The summed E-state index contributed by atoms with van der Waals surface area (Å²) < 4.78 is 63.6. The molecular weight excluding hydrogens is 594 g/mol. The van der Waals surface area contributed by atoms with Crippen molar-refractivity contribution in [3.05, 3.63) is 51.6 Å². The standard InChI is InChI=1S/C25H26Cl2F3N5O4S/c1-12-9-13(26)10-14(20(36)33-22-23(2,3)40(38,39)24(22,4)5)18(12)32-21(37)16-11-17(25(28,29)30)34-35(16)19-15(27)7-6-8-31-19/h6-10,16,22H,11H2,1-5H3,(H,32,37)(H,33,36). The van der Waals surface area contributed by atoms with Crippen LogP contribution in [0.15, 0.2) is 35.6 Å². The minimum atomic E-state index is -4.81. The number of carbonyl (C=O) groups is 2. The van der Waals surface area contributed by atoms with Crippen molar-refractivity contribution in [2.24, 2.45) is 5.10 Å². The van der Waals surface area contributed by atoms with Gasteiger partial charge in [0.1, 0.15) is 11.8 Å². The van der Waals surface area contributed by atoms with E-state index in [0.717, 1.165) is 5.01 Å². The van der Waals surface area contributed by atoms with Crippen molar-refractivity contribution in [1.29, 1.82) is 0 Å². The third kappa shape index (κ3) is 4.81. The summed E-state index contributed by atoms with van der Waals surface area (Å²) in [5, 5.41) is 9.83. The van der Waals surface area contributed by atoms with E-state index in [4.69, 9.17) is 23.2 Å². The number of hydrazone groups is 1. The van der Waals surface area contributed by atoms with Gasteiger partial charge < -0.3 is 10.6 Å². The first-order chi connectivity index (χ1) is 18.3. The Labute approximate surface area is 239 Å². The fraction of sp³-hybridized carbons (Fsp3) is 0.440. The number of nitrogens with zero attached hydrogens (tertiary/aromatic N) is 3. The minimum absolute atomic E-state index is 0.00257. The summed E-state index contributed by atoms with van der Waals surface area (Å²) in [5.41, 5.74) is -0.942. The van der Waals surface area contributed by atoms with Gasteiger partial charge in [-0.25, -0.2) is 18.4 Å². The molecule has 1 aromatic heterocycles. The van der Waals surface area contributed by atoms with E-state index in [1.54, 1.807) is 6.92 Å². The summed E-state index contributed by atoms with van der Waals surface area (Å²) in [5.74, 6) is -1.77. The summed E-state index contributed by atoms with van der Waals surface area (Å²) in [4.78, 5) is 30.9. The van der Waals surface area contributed by atoms with Gasteiger partial charge >= 0.3 is 6.18 Å². The van der Waals surface area contributed by atoms with Gasteiger partial charge in [-0.1, -0.05) is 23.2 Å². The molecule has 1 aromatic carbocycles. The SMILES string of the molecule is Cc1cc(Cl)cc(C(=O)NC2C(C)(C)S(=O)(=O)C2(C)C)c1NC(=O)C1CC(C(F)(F)F)=NN1c1ncccc1Cl. The molecule has 9 nitrogen and oxygen atoms in total. The highest BCUT2D eigenvalue weighted by molar-refractivity contribution is 7.95. The lowest BCUT2D eigenvalue weighted by Gasteiger charge is -2.56. The number of amides is 2. The molecule has 1 unspecified atom stereocenters. The van der Waals surface area contributed by atoms with E-state index in [9.17, 15) is 31.2 Å². The molecule has 0 spiro atoms. The number of pyridine rings is 1. The van der Waals surface area contributed by atoms with Crippen LogP contribution >= 0.6 is 23.2 Å². The third-order valence-corrected chi connectivity index (χ3v) is 11.1. The molecule has 1 atom stereocenters. The second kappa shape index (κ2) is 9.88. The molecule has 0 aliphatic carbocycles. The van der Waals surface area contributed by atoms with E-state index in [-0.39, 0.29) is 27.1 Å². The number of rotatable bonds is 5. The highest BCUT2D eigenvalue weighted by atomic mass is 35.5. The van der Waals surface area contributed by atoms with Gasteiger partial charge in [-0.2, -0.15) is 18.3 Å². The van der Waals surface area contributed by atoms with Crippen LogP contribution in [0.25, 0.3) is 0 Å². The van der Waals surface area contributed by atoms with E-state index in [1.807, 2.05) is 0 Å². The molecule has 1 fully saturated rings. The minimum Gasteiger partial charge on any atom is -0.346 e. The molecule has 1 saturated heterocycles. The van der Waals surface area contributed by atoms with Crippen LogP contribution in [0.4, 0.5) is 24.7 Å². The number of aromatic nitrogens is 1. The maximum atomic E-state index is 13.6. The van der Waals surface area contributed by atoms with Gasteiger partial charge in [0.2, 0.25) is 5.91 Å². The Morgan fingerprint density at radius 2 is 1.75 bits per heavy atom. The van der Waals surface area contributed by atoms with Gasteiger partial charge in [-0.15, -0.1) is 0 Å². The number of sulfone groups is 1. The van der Waals surface area contributed by atoms with E-state index >= 15 is 0 Å². The van der Waals surface area contributed by atoms with Gasteiger partial charge in [0.15, 0.2) is 15.7 Å². The Bertz CT molecular complexity index is 1520. The normalized spacial score (nSPS) is 21.4. The fourth-order valence-electron chi connectivity index (χ4n) is 5.25. The topological polar surface area (TPSA) is 121 Å². The average molecular weight is 620 g/mol. The number of benzene rings is 1. The number of carbonyl (C=O) groups excluding carboxylic acids is 2. The molecule has 0 bridgehead atoms. The Balaban J connectivity index is 1.67. The lowest BCUT2D eigenvalue weighted by atomic mass is 9.88. The lowest BCUT2D eigenvalue weighted by Crippen LogP contribution is -2.77. The maximum absolute atomic E-state index is 13.6. The predicted octanol–water partition coefficient (Wildman–Crippen LogP) is 4.92. The highest BCUT2D eigenvalue weighted by Crippen LogP contribution is 2.48. The van der Waals surface area contributed by atoms with Crippen LogP contribution in [0, 0.1) is 6.92 Å². The van der Waals surface area contributed by atoms with Crippen molar-refractivity contribution in [1.82, 2.24) is 10.3 Å². The number of anilines is 2. The van der Waals surface area contributed by atoms with E-state index in [2.05, 4.69) is 20.7 Å². The van der Waals surface area contributed by atoms with Crippen LogP contribution in [0.2, 0.25) is 10.0 Å². The summed E-state index contributed by atoms with van der Waals surface area (Å²) in [6.45, 7) is 7.56. The van der Waals surface area contributed by atoms with Crippen molar-refractivity contribution in [3.63, 3.8) is 0 Å². The Hall–Kier alpha value is -2.90. The van der Waals surface area contributed by atoms with E-state index in [0.29, 0.717) is 5.56 Å². The second-order valence-electron chi connectivity index (χ2n) is 10.7. The molecule has 2 aromatic rings. The lowest BCUT2D eigenvalue weighted by molar-refractivity contribution is -0.117. The molecule has 2 aliphatic heterocycles. The van der Waals surface area contributed by atoms with Gasteiger partial charge in [0.25, 0.3) is 5.91 Å². The summed E-state index contributed by atoms with van der Waals surface area (Å²) >= 11 is 12.3. The first-order valence-electron chi connectivity index (χ1n) is 12.0. The average Bonchev–Trinajstić information content (AvgIpc) is 3.29. The molecule has 2 amide bonds. The quantitative estimate of drug-likeness (QED) is 0.490.